The predicted molar refractivity (Wildman–Crippen MR) is 168 cm³/mol. The number of aliphatic hydroxyl groups is 1. The molecule has 0 aromatic heterocycles. The Hall–Kier alpha value is -4.42. The van der Waals surface area contributed by atoms with Gasteiger partial charge in [-0.05, 0) is 75.1 Å². The number of carboxylic acid groups (broad SMARTS) is 1. The number of amides is 2. The first-order valence-electron chi connectivity index (χ1n) is 15.6. The minimum atomic E-state index is -1.19. The Balaban J connectivity index is 1.38. The van der Waals surface area contributed by atoms with Gasteiger partial charge >= 0.3 is 5.97 Å². The molecule has 0 bridgehead atoms. The van der Waals surface area contributed by atoms with Crippen molar-refractivity contribution in [1.82, 2.24) is 15.1 Å². The minimum Gasteiger partial charge on any atom is -0.508 e. The van der Waals surface area contributed by atoms with E-state index in [9.17, 15) is 44.7 Å². The number of nitrogens with one attached hydrogen (secondary N) is 1. The van der Waals surface area contributed by atoms with Crippen LogP contribution in [0.1, 0.15) is 72.2 Å². The van der Waals surface area contributed by atoms with E-state index in [1.165, 1.54) is 36.1 Å². The van der Waals surface area contributed by atoms with E-state index < -0.39 is 35.7 Å². The van der Waals surface area contributed by atoms with Gasteiger partial charge in [-0.15, -0.1) is 0 Å². The number of rotatable bonds is 16. The summed E-state index contributed by atoms with van der Waals surface area (Å²) >= 11 is 0. The number of benzene rings is 2. The van der Waals surface area contributed by atoms with E-state index in [0.717, 1.165) is 12.8 Å². The van der Waals surface area contributed by atoms with Gasteiger partial charge in [0.15, 0.2) is 17.3 Å². The largest absolute Gasteiger partial charge is 0.508 e. The lowest BCUT2D eigenvalue weighted by atomic mass is 9.77. The molecule has 46 heavy (non-hydrogen) atoms. The van der Waals surface area contributed by atoms with Gasteiger partial charge in [0.1, 0.15) is 11.4 Å². The first-order chi connectivity index (χ1) is 21.8. The van der Waals surface area contributed by atoms with Crippen LogP contribution in [0.2, 0.25) is 0 Å². The highest BCUT2D eigenvalue weighted by molar-refractivity contribution is 6.00. The number of aromatic hydroxyl groups is 3. The molecule has 2 amide bonds. The number of hydrogen-bond acceptors (Lipinski definition) is 9. The third-order valence-corrected chi connectivity index (χ3v) is 9.00. The molecule has 6 N–H and O–H groups in total. The maximum absolute atomic E-state index is 12.8. The molecular formula is C34H43N3O9. The summed E-state index contributed by atoms with van der Waals surface area (Å²) in [4.78, 5) is 53.7. The molecule has 0 saturated carbocycles. The smallest absolute Gasteiger partial charge is 0.352 e. The zero-order valence-corrected chi connectivity index (χ0v) is 26.4. The summed E-state index contributed by atoms with van der Waals surface area (Å²) in [5.41, 5.74) is 1.95. The van der Waals surface area contributed by atoms with Crippen molar-refractivity contribution >= 4 is 23.6 Å². The lowest BCUT2D eigenvalue weighted by Crippen LogP contribution is -2.63. The summed E-state index contributed by atoms with van der Waals surface area (Å²) in [6.07, 6.45) is 2.05. The van der Waals surface area contributed by atoms with E-state index >= 15 is 0 Å². The number of phenols is 3. The molecule has 1 saturated heterocycles. The Morgan fingerprint density at radius 2 is 1.61 bits per heavy atom. The summed E-state index contributed by atoms with van der Waals surface area (Å²) in [5.74, 6) is -3.61. The van der Waals surface area contributed by atoms with E-state index in [-0.39, 0.29) is 46.9 Å². The number of ketones is 1. The molecule has 2 aromatic rings. The van der Waals surface area contributed by atoms with E-state index in [4.69, 9.17) is 0 Å². The molecule has 4 atom stereocenters. The molecule has 2 heterocycles. The summed E-state index contributed by atoms with van der Waals surface area (Å²) in [7, 11) is 0. The number of carboxylic acids is 1. The lowest BCUT2D eigenvalue weighted by molar-refractivity contribution is -0.163. The van der Waals surface area contributed by atoms with E-state index in [2.05, 4.69) is 10.2 Å². The highest BCUT2D eigenvalue weighted by Gasteiger charge is 2.59. The van der Waals surface area contributed by atoms with Crippen LogP contribution < -0.4 is 5.32 Å². The first kappa shape index (κ1) is 34.5. The summed E-state index contributed by atoms with van der Waals surface area (Å²) < 4.78 is 0. The van der Waals surface area contributed by atoms with Gasteiger partial charge < -0.3 is 35.7 Å². The van der Waals surface area contributed by atoms with Gasteiger partial charge in [0.2, 0.25) is 5.91 Å². The first-order valence-corrected chi connectivity index (χ1v) is 15.6. The van der Waals surface area contributed by atoms with Crippen LogP contribution >= 0.6 is 0 Å². The second kappa shape index (κ2) is 14.8. The number of fused-ring (bicyclic) bond motifs is 1. The number of phenolic OH excluding ortho intramolecular Hbond substituents is 3. The number of carbonyl (C=O) groups is 4. The maximum atomic E-state index is 12.8. The Bertz CT molecular complexity index is 1520. The van der Waals surface area contributed by atoms with Gasteiger partial charge in [-0.3, -0.25) is 19.3 Å². The zero-order valence-electron chi connectivity index (χ0n) is 26.4. The van der Waals surface area contributed by atoms with E-state index in [1.54, 1.807) is 19.1 Å². The summed E-state index contributed by atoms with van der Waals surface area (Å²) in [6.45, 7) is 6.86. The molecule has 12 heteroatoms. The van der Waals surface area contributed by atoms with Crippen LogP contribution in [0.4, 0.5) is 0 Å². The van der Waals surface area contributed by atoms with Crippen molar-refractivity contribution in [2.24, 2.45) is 11.8 Å². The molecule has 2 aliphatic rings. The minimum absolute atomic E-state index is 0.0308. The average molecular weight is 638 g/mol. The van der Waals surface area contributed by atoms with Crippen LogP contribution in [0.25, 0.3) is 0 Å². The van der Waals surface area contributed by atoms with Crippen LogP contribution in [0.3, 0.4) is 0 Å². The van der Waals surface area contributed by atoms with Gasteiger partial charge in [0.05, 0.1) is 18.1 Å². The highest BCUT2D eigenvalue weighted by atomic mass is 16.4. The van der Waals surface area contributed by atoms with Crippen LogP contribution in [0.5, 0.6) is 17.2 Å². The van der Waals surface area contributed by atoms with Gasteiger partial charge in [0, 0.05) is 43.1 Å². The SMILES string of the molecule is Cc1ccc(C(=O)CCCCCN(CCCNC(=O)c2ccc(O)c(O)c2)CC2=C(C(=O)O)N3C(=O)[C@H]([C@@H](C)O)[C@H]3[C@H]2C)cc1O. The number of nitrogens with zero attached hydrogens (tertiary/aromatic N) is 2. The molecule has 0 spiro atoms. The quantitative estimate of drug-likeness (QED) is 0.0691. The van der Waals surface area contributed by atoms with Crippen LogP contribution in [0, 0.1) is 18.8 Å². The van der Waals surface area contributed by atoms with Crippen LogP contribution in [0.15, 0.2) is 47.7 Å². The average Bonchev–Trinajstić information content (AvgIpc) is 3.24. The van der Waals surface area contributed by atoms with Gasteiger partial charge in [-0.1, -0.05) is 25.5 Å². The standard InChI is InChI=1S/C34H43N3O9/c1-19-9-10-22(16-27(19)41)25(39)8-5-4-6-14-36(15-7-13-35-32(43)23-11-12-26(40)28(42)17-23)18-24-20(2)30-29(21(3)38)33(44)37(30)31(24)34(45)46/h9-12,16-17,20-21,29-30,38,40-42H,4-8,13-15,18H2,1-3H3,(H,35,43)(H,45,46)/t20-,21+,29+,30+/m0/s1. The molecule has 0 aliphatic carbocycles. The zero-order chi connectivity index (χ0) is 33.7. The molecule has 0 radical (unpaired) electrons. The Morgan fingerprint density at radius 1 is 0.935 bits per heavy atom. The lowest BCUT2D eigenvalue weighted by Gasteiger charge is -2.46. The number of aliphatic hydroxyl groups excluding tert-OH is 1. The van der Waals surface area contributed by atoms with Crippen molar-refractivity contribution < 1.29 is 44.7 Å². The number of carbonyl (C=O) groups excluding carboxylic acids is 3. The van der Waals surface area contributed by atoms with Gasteiger partial charge in [-0.2, -0.15) is 0 Å². The monoisotopic (exact) mass is 637 g/mol. The number of Topliss-reactive ketones (excluding diaryl/α,β-unsaturated/α-hetero) is 1. The molecule has 0 unspecified atom stereocenters. The fourth-order valence-corrected chi connectivity index (χ4v) is 6.36. The van der Waals surface area contributed by atoms with Crippen molar-refractivity contribution in [3.8, 4) is 17.2 Å². The number of hydrogen-bond donors (Lipinski definition) is 6. The molecule has 248 valence electrons. The maximum Gasteiger partial charge on any atom is 0.352 e. The van der Waals surface area contributed by atoms with Gasteiger partial charge in [-0.25, -0.2) is 4.79 Å². The fraction of sp³-hybridized carbons (Fsp3) is 0.471. The third-order valence-electron chi connectivity index (χ3n) is 9.00. The predicted octanol–water partition coefficient (Wildman–Crippen LogP) is 3.17. The number of β-lactam (4-membered cyclic amide) rings is 1. The Labute approximate surface area is 268 Å². The molecule has 12 nitrogen and oxygen atoms in total. The highest BCUT2D eigenvalue weighted by Crippen LogP contribution is 2.47. The molecule has 2 aromatic carbocycles. The topological polar surface area (TPSA) is 188 Å². The van der Waals surface area contributed by atoms with Crippen molar-refractivity contribution in [3.63, 3.8) is 0 Å². The normalized spacial score (nSPS) is 19.6. The Morgan fingerprint density at radius 3 is 2.26 bits per heavy atom. The fourth-order valence-electron chi connectivity index (χ4n) is 6.36. The van der Waals surface area contributed by atoms with Crippen molar-refractivity contribution in [3.05, 3.63) is 64.4 Å². The molecule has 4 rings (SSSR count). The summed E-state index contributed by atoms with van der Waals surface area (Å²) in [6, 6.07) is 8.29. The summed E-state index contributed by atoms with van der Waals surface area (Å²) in [5, 5.41) is 52.2. The number of aryl methyl sites for hydroxylation is 1. The molecule has 1 fully saturated rings. The van der Waals surface area contributed by atoms with Crippen molar-refractivity contribution in [2.75, 3.05) is 26.2 Å². The second-order valence-electron chi connectivity index (χ2n) is 12.3. The second-order valence-corrected chi connectivity index (χ2v) is 12.3. The number of aliphatic carboxylic acids is 1. The third kappa shape index (κ3) is 7.51. The van der Waals surface area contributed by atoms with Crippen LogP contribution in [-0.4, -0.2) is 97.2 Å². The van der Waals surface area contributed by atoms with E-state index in [0.29, 0.717) is 55.6 Å². The Kier molecular flexibility index (Phi) is 11.1. The van der Waals surface area contributed by atoms with E-state index in [1.807, 2.05) is 6.92 Å². The molecular weight excluding hydrogens is 594 g/mol. The number of unbranched alkanes of at least 4 members (excludes halogenated alkanes) is 2. The van der Waals surface area contributed by atoms with Gasteiger partial charge in [0.25, 0.3) is 5.91 Å². The van der Waals surface area contributed by atoms with Crippen molar-refractivity contribution in [1.29, 1.82) is 0 Å². The van der Waals surface area contributed by atoms with Crippen molar-refractivity contribution in [2.45, 2.75) is 65.0 Å². The van der Waals surface area contributed by atoms with Crippen LogP contribution in [-0.2, 0) is 9.59 Å². The molecule has 2 aliphatic heterocycles.